The third-order valence-electron chi connectivity index (χ3n) is 5.08. The Labute approximate surface area is 195 Å². The van der Waals surface area contributed by atoms with E-state index >= 15 is 0 Å². The number of nitrogens with zero attached hydrogens (tertiary/aromatic N) is 2. The van der Waals surface area contributed by atoms with Crippen LogP contribution in [0.25, 0.3) is 16.8 Å². The summed E-state index contributed by atoms with van der Waals surface area (Å²) in [5, 5.41) is 0. The van der Waals surface area contributed by atoms with Crippen molar-refractivity contribution in [1.82, 2.24) is 0 Å². The highest BCUT2D eigenvalue weighted by molar-refractivity contribution is 6.38. The molecule has 0 aliphatic heterocycles. The fraction of sp³-hybridized carbons (Fsp3) is 0.172. The molecule has 0 saturated heterocycles. The summed E-state index contributed by atoms with van der Waals surface area (Å²) in [6.45, 7) is 9.58. The molecule has 0 radical (unpaired) electrons. The Balaban J connectivity index is 0.000000243. The average molecular weight is 445 g/mol. The fourth-order valence-corrected chi connectivity index (χ4v) is 2.98. The maximum Gasteiger partial charge on any atom is 0.168 e. The molecule has 0 spiro atoms. The molecule has 0 aliphatic carbocycles. The van der Waals surface area contributed by atoms with Crippen molar-refractivity contribution in [2.24, 2.45) is 9.98 Å². The number of aliphatic imine (C=N–C) groups is 2. The minimum atomic E-state index is -0.942. The molecule has 0 aromatic heterocycles. The summed E-state index contributed by atoms with van der Waals surface area (Å²) >= 11 is 0. The molecule has 2 nitrogen and oxygen atoms in total. The topological polar surface area (TPSA) is 24.7 Å². The second-order valence-electron chi connectivity index (χ2n) is 7.32. The molecule has 0 saturated carbocycles. The van der Waals surface area contributed by atoms with Crippen molar-refractivity contribution < 1.29 is 8.78 Å². The maximum absolute atomic E-state index is 13.6. The van der Waals surface area contributed by atoms with Gasteiger partial charge in [0.05, 0.1) is 11.4 Å². The molecule has 170 valence electrons. The zero-order chi connectivity index (χ0) is 24.2. The van der Waals surface area contributed by atoms with Gasteiger partial charge in [-0.25, -0.2) is 13.8 Å². The van der Waals surface area contributed by atoms with Crippen LogP contribution in [0.1, 0.15) is 31.9 Å². The predicted molar refractivity (Wildman–Crippen MR) is 138 cm³/mol. The highest BCUT2D eigenvalue weighted by Crippen LogP contribution is 2.21. The average Bonchev–Trinajstić information content (AvgIpc) is 2.86. The van der Waals surface area contributed by atoms with Gasteiger partial charge in [-0.05, 0) is 54.7 Å². The van der Waals surface area contributed by atoms with Gasteiger partial charge in [-0.2, -0.15) is 0 Å². The summed E-state index contributed by atoms with van der Waals surface area (Å²) in [6.07, 6.45) is 4.52. The second-order valence-corrected chi connectivity index (χ2v) is 7.32. The van der Waals surface area contributed by atoms with E-state index in [1.54, 1.807) is 13.3 Å². The highest BCUT2D eigenvalue weighted by atomic mass is 19.2. The van der Waals surface area contributed by atoms with E-state index in [4.69, 9.17) is 0 Å². The fourth-order valence-electron chi connectivity index (χ4n) is 2.98. The first-order valence-electron chi connectivity index (χ1n) is 10.8. The first kappa shape index (κ1) is 25.6. The van der Waals surface area contributed by atoms with Crippen LogP contribution in [0, 0.1) is 11.6 Å². The van der Waals surface area contributed by atoms with Crippen LogP contribution in [-0.2, 0) is 6.42 Å². The molecule has 0 atom stereocenters. The number of allylic oxidation sites excluding steroid dienone is 2. The Morgan fingerprint density at radius 2 is 1.55 bits per heavy atom. The number of aryl methyl sites for hydroxylation is 1. The van der Waals surface area contributed by atoms with Crippen LogP contribution in [0.3, 0.4) is 0 Å². The number of benzene rings is 3. The van der Waals surface area contributed by atoms with Crippen molar-refractivity contribution in [3.05, 3.63) is 114 Å². The summed E-state index contributed by atoms with van der Waals surface area (Å²) in [7, 11) is 1.62. The molecule has 0 aliphatic rings. The van der Waals surface area contributed by atoms with Crippen LogP contribution in [0.15, 0.2) is 101 Å². The van der Waals surface area contributed by atoms with Crippen molar-refractivity contribution in [2.45, 2.75) is 27.2 Å². The van der Waals surface area contributed by atoms with E-state index < -0.39 is 11.6 Å². The van der Waals surface area contributed by atoms with E-state index in [2.05, 4.69) is 72.0 Å². The molecule has 3 aromatic rings. The van der Waals surface area contributed by atoms with E-state index in [0.29, 0.717) is 5.71 Å². The van der Waals surface area contributed by atoms with Crippen LogP contribution in [0.2, 0.25) is 0 Å². The van der Waals surface area contributed by atoms with E-state index in [1.165, 1.54) is 28.8 Å². The van der Waals surface area contributed by atoms with E-state index in [-0.39, 0.29) is 11.3 Å². The number of hydrogen-bond donors (Lipinski definition) is 0. The minimum Gasteiger partial charge on any atom is -0.294 e. The quantitative estimate of drug-likeness (QED) is 0.345. The molecular weight excluding hydrogens is 414 g/mol. The van der Waals surface area contributed by atoms with Gasteiger partial charge in [0.15, 0.2) is 11.6 Å². The van der Waals surface area contributed by atoms with Crippen LogP contribution in [-0.4, -0.2) is 19.0 Å². The Morgan fingerprint density at radius 1 is 0.909 bits per heavy atom. The first-order chi connectivity index (χ1) is 15.9. The molecule has 0 unspecified atom stereocenters. The zero-order valence-corrected chi connectivity index (χ0v) is 19.6. The summed E-state index contributed by atoms with van der Waals surface area (Å²) in [4.78, 5) is 8.09. The first-order valence-corrected chi connectivity index (χ1v) is 10.8. The van der Waals surface area contributed by atoms with Gasteiger partial charge in [-0.15, -0.1) is 0 Å². The number of hydrogen-bond acceptors (Lipinski definition) is 2. The number of halogens is 2. The van der Waals surface area contributed by atoms with Crippen molar-refractivity contribution in [1.29, 1.82) is 0 Å². The van der Waals surface area contributed by atoms with Crippen LogP contribution in [0.4, 0.5) is 8.78 Å². The summed E-state index contributed by atoms with van der Waals surface area (Å²) in [6, 6.07) is 23.2. The SMILES string of the molecule is C=C(N=C(C=NC)/C(C)=C\C)c1cccc(F)c1F.CCc1ccc(-c2ccccc2)cc1. The van der Waals surface area contributed by atoms with Crippen LogP contribution >= 0.6 is 0 Å². The molecule has 0 bridgehead atoms. The summed E-state index contributed by atoms with van der Waals surface area (Å²) < 4.78 is 26.8. The van der Waals surface area contributed by atoms with Gasteiger partial charge < -0.3 is 0 Å². The maximum atomic E-state index is 13.6. The van der Waals surface area contributed by atoms with Gasteiger partial charge >= 0.3 is 0 Å². The molecule has 0 heterocycles. The lowest BCUT2D eigenvalue weighted by Crippen LogP contribution is -2.03. The van der Waals surface area contributed by atoms with E-state index in [9.17, 15) is 8.78 Å². The molecule has 3 aromatic carbocycles. The van der Waals surface area contributed by atoms with Crippen molar-refractivity contribution in [2.75, 3.05) is 7.05 Å². The normalized spacial score (nSPS) is 11.8. The molecule has 3 rings (SSSR count). The van der Waals surface area contributed by atoms with Gasteiger partial charge in [0.2, 0.25) is 0 Å². The van der Waals surface area contributed by atoms with Gasteiger partial charge in [0.25, 0.3) is 0 Å². The molecule has 0 N–H and O–H groups in total. The molecule has 0 fully saturated rings. The van der Waals surface area contributed by atoms with Gasteiger partial charge in [0.1, 0.15) is 0 Å². The number of rotatable bonds is 6. The predicted octanol–water partition coefficient (Wildman–Crippen LogP) is 7.96. The largest absolute Gasteiger partial charge is 0.294 e. The Bertz CT molecular complexity index is 1140. The lowest BCUT2D eigenvalue weighted by atomic mass is 10.0. The van der Waals surface area contributed by atoms with Crippen LogP contribution < -0.4 is 0 Å². The third-order valence-corrected chi connectivity index (χ3v) is 5.08. The Morgan fingerprint density at radius 3 is 2.12 bits per heavy atom. The van der Waals surface area contributed by atoms with Crippen molar-refractivity contribution in [3.8, 4) is 11.1 Å². The molecular formula is C29H30F2N2. The monoisotopic (exact) mass is 444 g/mol. The minimum absolute atomic E-state index is 0.0471. The third kappa shape index (κ3) is 7.46. The standard InChI is InChI=1S/C15H16F2N2.C14H14/c1-5-10(2)14(9-18-4)19-11(3)12-7-6-8-13(16)15(12)17;1-2-12-8-10-14(11-9-12)13-6-4-3-5-7-13/h5-9H,3H2,1-2,4H3;3-11H,2H2,1H3/b10-5-,18-9?,19-14?;. The van der Waals surface area contributed by atoms with Crippen molar-refractivity contribution in [3.63, 3.8) is 0 Å². The Hall–Kier alpha value is -3.66. The lowest BCUT2D eigenvalue weighted by molar-refractivity contribution is 0.506. The molecule has 33 heavy (non-hydrogen) atoms. The van der Waals surface area contributed by atoms with Crippen LogP contribution in [0.5, 0.6) is 0 Å². The summed E-state index contributed by atoms with van der Waals surface area (Å²) in [5.41, 5.74) is 5.63. The molecule has 4 heteroatoms. The molecule has 0 amide bonds. The zero-order valence-electron chi connectivity index (χ0n) is 19.6. The van der Waals surface area contributed by atoms with E-state index in [1.807, 2.05) is 26.0 Å². The van der Waals surface area contributed by atoms with Gasteiger partial charge in [0, 0.05) is 18.8 Å². The van der Waals surface area contributed by atoms with Gasteiger partial charge in [-0.1, -0.05) is 80.2 Å². The Kier molecular flexibility index (Phi) is 10.1. The van der Waals surface area contributed by atoms with Crippen molar-refractivity contribution >= 4 is 17.6 Å². The second kappa shape index (κ2) is 13.0. The highest BCUT2D eigenvalue weighted by Gasteiger charge is 2.10. The summed E-state index contributed by atoms with van der Waals surface area (Å²) in [5.74, 6) is -1.86. The smallest absolute Gasteiger partial charge is 0.168 e. The lowest BCUT2D eigenvalue weighted by Gasteiger charge is -2.06. The van der Waals surface area contributed by atoms with E-state index in [0.717, 1.165) is 18.1 Å². The van der Waals surface area contributed by atoms with Gasteiger partial charge in [-0.3, -0.25) is 4.99 Å².